The topological polar surface area (TPSA) is 62.6 Å². The lowest BCUT2D eigenvalue weighted by Gasteiger charge is -2.14. The molecule has 5 nitrogen and oxygen atoms in total. The van der Waals surface area contributed by atoms with Crippen LogP contribution in [0.5, 0.6) is 0 Å². The Balaban J connectivity index is 1.92. The van der Waals surface area contributed by atoms with E-state index in [1.54, 1.807) is 44.4 Å². The Morgan fingerprint density at radius 1 is 1.08 bits per heavy atom. The second-order valence-corrected chi connectivity index (χ2v) is 6.32. The maximum absolute atomic E-state index is 12.5. The Hall–Kier alpha value is -2.60. The first-order chi connectivity index (χ1) is 11.5. The van der Waals surface area contributed by atoms with Crippen molar-refractivity contribution in [3.05, 3.63) is 64.3 Å². The van der Waals surface area contributed by atoms with E-state index in [0.29, 0.717) is 16.8 Å². The van der Waals surface area contributed by atoms with Crippen LogP contribution < -0.4 is 5.32 Å². The van der Waals surface area contributed by atoms with Gasteiger partial charge in [-0.05, 0) is 40.2 Å². The summed E-state index contributed by atoms with van der Waals surface area (Å²) >= 11 is 3.40. The highest BCUT2D eigenvalue weighted by Gasteiger charge is 2.18. The van der Waals surface area contributed by atoms with Crippen molar-refractivity contribution in [1.29, 1.82) is 0 Å². The van der Waals surface area contributed by atoms with Crippen LogP contribution in [-0.2, 0) is 0 Å². The average Bonchev–Trinajstić information content (AvgIpc) is 3.00. The summed E-state index contributed by atoms with van der Waals surface area (Å²) in [7, 11) is 3.33. The van der Waals surface area contributed by atoms with E-state index < -0.39 is 5.91 Å². The van der Waals surface area contributed by atoms with Gasteiger partial charge in [0, 0.05) is 19.5 Å². The summed E-state index contributed by atoms with van der Waals surface area (Å²) in [5.41, 5.74) is 1.48. The molecule has 2 aromatic carbocycles. The predicted molar refractivity (Wildman–Crippen MR) is 96.3 cm³/mol. The lowest BCUT2D eigenvalue weighted by molar-refractivity contribution is 0.0828. The van der Waals surface area contributed by atoms with Gasteiger partial charge in [-0.2, -0.15) is 0 Å². The van der Waals surface area contributed by atoms with E-state index >= 15 is 0 Å². The summed E-state index contributed by atoms with van der Waals surface area (Å²) in [6.07, 6.45) is 0. The van der Waals surface area contributed by atoms with Gasteiger partial charge in [0.15, 0.2) is 5.76 Å². The fraction of sp³-hybridized carbons (Fsp3) is 0.111. The summed E-state index contributed by atoms with van der Waals surface area (Å²) in [6, 6.07) is 14.1. The van der Waals surface area contributed by atoms with E-state index in [4.69, 9.17) is 4.42 Å². The number of fused-ring (bicyclic) bond motifs is 1. The zero-order chi connectivity index (χ0) is 17.3. The second-order valence-electron chi connectivity index (χ2n) is 5.47. The third-order valence-corrected chi connectivity index (χ3v) is 4.16. The Labute approximate surface area is 147 Å². The third kappa shape index (κ3) is 3.05. The molecule has 0 aliphatic heterocycles. The van der Waals surface area contributed by atoms with Gasteiger partial charge in [0.2, 0.25) is 0 Å². The second kappa shape index (κ2) is 6.49. The van der Waals surface area contributed by atoms with Gasteiger partial charge in [-0.3, -0.25) is 9.59 Å². The van der Waals surface area contributed by atoms with Gasteiger partial charge in [-0.25, -0.2) is 0 Å². The number of benzene rings is 2. The van der Waals surface area contributed by atoms with Crippen molar-refractivity contribution in [3.8, 4) is 0 Å². The van der Waals surface area contributed by atoms with Crippen molar-refractivity contribution >= 4 is 44.4 Å². The summed E-state index contributed by atoms with van der Waals surface area (Å²) < 4.78 is 6.41. The van der Waals surface area contributed by atoms with Crippen LogP contribution in [0, 0.1) is 0 Å². The van der Waals surface area contributed by atoms with Crippen molar-refractivity contribution in [3.63, 3.8) is 0 Å². The van der Waals surface area contributed by atoms with E-state index in [2.05, 4.69) is 21.2 Å². The van der Waals surface area contributed by atoms with Crippen LogP contribution in [0.2, 0.25) is 0 Å². The summed E-state index contributed by atoms with van der Waals surface area (Å²) in [5.74, 6) is -0.403. The number of carbonyl (C=O) groups is 2. The largest absolute Gasteiger partial charge is 0.450 e. The lowest BCUT2D eigenvalue weighted by atomic mass is 10.1. The van der Waals surface area contributed by atoms with Gasteiger partial charge in [-0.15, -0.1) is 0 Å². The molecule has 1 N–H and O–H groups in total. The van der Waals surface area contributed by atoms with E-state index in [1.807, 2.05) is 18.2 Å². The van der Waals surface area contributed by atoms with Gasteiger partial charge in [0.25, 0.3) is 11.8 Å². The Kier molecular flexibility index (Phi) is 4.40. The maximum Gasteiger partial charge on any atom is 0.291 e. The molecule has 24 heavy (non-hydrogen) atoms. The van der Waals surface area contributed by atoms with Gasteiger partial charge >= 0.3 is 0 Å². The molecular weight excluding hydrogens is 372 g/mol. The molecule has 3 rings (SSSR count). The van der Waals surface area contributed by atoms with Crippen LogP contribution >= 0.6 is 15.9 Å². The SMILES string of the molecule is CN(C)C(=O)c1ccccc1NC(=O)c1cc2cccc(Br)c2o1. The highest BCUT2D eigenvalue weighted by Crippen LogP contribution is 2.27. The van der Waals surface area contributed by atoms with Crippen molar-refractivity contribution < 1.29 is 14.0 Å². The molecule has 0 bridgehead atoms. The number of furan rings is 1. The minimum absolute atomic E-state index is 0.182. The first-order valence-corrected chi connectivity index (χ1v) is 8.07. The quantitative estimate of drug-likeness (QED) is 0.735. The highest BCUT2D eigenvalue weighted by atomic mass is 79.9. The van der Waals surface area contributed by atoms with Crippen molar-refractivity contribution in [1.82, 2.24) is 4.90 Å². The Morgan fingerprint density at radius 3 is 2.54 bits per heavy atom. The van der Waals surface area contributed by atoms with Gasteiger partial charge in [-0.1, -0.05) is 24.3 Å². The van der Waals surface area contributed by atoms with Crippen molar-refractivity contribution in [2.75, 3.05) is 19.4 Å². The number of rotatable bonds is 3. The normalized spacial score (nSPS) is 10.6. The molecule has 0 spiro atoms. The molecule has 0 saturated carbocycles. The number of hydrogen-bond acceptors (Lipinski definition) is 3. The smallest absolute Gasteiger partial charge is 0.291 e. The molecule has 0 atom stereocenters. The van der Waals surface area contributed by atoms with Crippen LogP contribution in [0.15, 0.2) is 57.4 Å². The van der Waals surface area contributed by atoms with Crippen LogP contribution in [0.3, 0.4) is 0 Å². The standard InChI is InChI=1S/C18H15BrN2O3/c1-21(2)18(23)12-7-3-4-9-14(12)20-17(22)15-10-11-6-5-8-13(19)16(11)24-15/h3-10H,1-2H3,(H,20,22). The molecule has 0 fully saturated rings. The third-order valence-electron chi connectivity index (χ3n) is 3.53. The van der Waals surface area contributed by atoms with Gasteiger partial charge in [0.1, 0.15) is 5.58 Å². The zero-order valence-corrected chi connectivity index (χ0v) is 14.8. The number of anilines is 1. The van der Waals surface area contributed by atoms with Crippen LogP contribution in [0.1, 0.15) is 20.9 Å². The van der Waals surface area contributed by atoms with Crippen LogP contribution in [-0.4, -0.2) is 30.8 Å². The molecule has 0 aliphatic rings. The summed E-state index contributed by atoms with van der Waals surface area (Å²) in [5, 5.41) is 3.57. The first kappa shape index (κ1) is 16.3. The summed E-state index contributed by atoms with van der Waals surface area (Å²) in [6.45, 7) is 0. The number of para-hydroxylation sites is 2. The van der Waals surface area contributed by atoms with Crippen molar-refractivity contribution in [2.45, 2.75) is 0 Å². The number of halogens is 1. The molecule has 2 amide bonds. The van der Waals surface area contributed by atoms with Gasteiger partial charge < -0.3 is 14.6 Å². The molecule has 1 heterocycles. The van der Waals surface area contributed by atoms with E-state index in [-0.39, 0.29) is 11.7 Å². The number of hydrogen-bond donors (Lipinski definition) is 1. The number of carbonyl (C=O) groups excluding carboxylic acids is 2. The molecule has 1 aromatic heterocycles. The van der Waals surface area contributed by atoms with Crippen LogP contribution in [0.25, 0.3) is 11.0 Å². The molecule has 122 valence electrons. The molecule has 0 radical (unpaired) electrons. The molecule has 0 aliphatic carbocycles. The number of nitrogens with one attached hydrogen (secondary N) is 1. The van der Waals surface area contributed by atoms with Crippen LogP contribution in [0.4, 0.5) is 5.69 Å². The molecular formula is C18H15BrN2O3. The number of amides is 2. The minimum atomic E-state index is -0.405. The highest BCUT2D eigenvalue weighted by molar-refractivity contribution is 9.10. The monoisotopic (exact) mass is 386 g/mol. The van der Waals surface area contributed by atoms with E-state index in [9.17, 15) is 9.59 Å². The Morgan fingerprint density at radius 2 is 1.83 bits per heavy atom. The molecule has 0 unspecified atom stereocenters. The van der Waals surface area contributed by atoms with E-state index in [1.165, 1.54) is 4.90 Å². The molecule has 0 saturated heterocycles. The maximum atomic E-state index is 12.5. The Bertz CT molecular complexity index is 931. The van der Waals surface area contributed by atoms with Gasteiger partial charge in [0.05, 0.1) is 15.7 Å². The number of nitrogens with zero attached hydrogens (tertiary/aromatic N) is 1. The fourth-order valence-electron chi connectivity index (χ4n) is 2.34. The average molecular weight is 387 g/mol. The predicted octanol–water partition coefficient (Wildman–Crippen LogP) is 4.15. The molecule has 3 aromatic rings. The zero-order valence-electron chi connectivity index (χ0n) is 13.2. The van der Waals surface area contributed by atoms with E-state index in [0.717, 1.165) is 9.86 Å². The lowest BCUT2D eigenvalue weighted by Crippen LogP contribution is -2.24. The molecule has 6 heteroatoms. The first-order valence-electron chi connectivity index (χ1n) is 7.27. The van der Waals surface area contributed by atoms with Crippen molar-refractivity contribution in [2.24, 2.45) is 0 Å². The fourth-order valence-corrected chi connectivity index (χ4v) is 2.81. The minimum Gasteiger partial charge on any atom is -0.450 e. The summed E-state index contributed by atoms with van der Waals surface area (Å²) in [4.78, 5) is 26.2.